The molecule has 0 spiro atoms. The van der Waals surface area contributed by atoms with Gasteiger partial charge >= 0.3 is 0 Å². The lowest BCUT2D eigenvalue weighted by Crippen LogP contribution is -2.68. The highest BCUT2D eigenvalue weighted by Crippen LogP contribution is 2.46. The van der Waals surface area contributed by atoms with Crippen LogP contribution >= 0.6 is 0 Å². The summed E-state index contributed by atoms with van der Waals surface area (Å²) in [5.41, 5.74) is -0.443. The summed E-state index contributed by atoms with van der Waals surface area (Å²) < 4.78 is 23.5. The van der Waals surface area contributed by atoms with Crippen LogP contribution in [0.4, 0.5) is 0 Å². The summed E-state index contributed by atoms with van der Waals surface area (Å²) in [6.45, 7) is 13.1. The van der Waals surface area contributed by atoms with E-state index in [1.54, 1.807) is 13.8 Å². The Balaban J connectivity index is 2.52. The molecule has 2 fully saturated rings. The third kappa shape index (κ3) is 7.13. The van der Waals surface area contributed by atoms with Gasteiger partial charge in [0, 0.05) is 51.4 Å². The van der Waals surface area contributed by atoms with Gasteiger partial charge in [0.1, 0.15) is 24.1 Å². The third-order valence-electron chi connectivity index (χ3n) is 8.51. The zero-order valence-corrected chi connectivity index (χ0v) is 23.6. The van der Waals surface area contributed by atoms with Crippen molar-refractivity contribution in [3.8, 4) is 0 Å². The van der Waals surface area contributed by atoms with Gasteiger partial charge in [0.15, 0.2) is 0 Å². The summed E-state index contributed by atoms with van der Waals surface area (Å²) in [6.07, 6.45) is -1.99. The van der Waals surface area contributed by atoms with Crippen molar-refractivity contribution in [2.24, 2.45) is 17.3 Å². The summed E-state index contributed by atoms with van der Waals surface area (Å²) in [5.74, 6) is -2.30. The van der Waals surface area contributed by atoms with Gasteiger partial charge in [0.2, 0.25) is 5.79 Å². The standard InChI is InChI=1S/C28H50O9/c1-9-19(15-29)10-16(2)22-12-20(34-7)14-24(30)27(5,6)28(33)26(32)23(35-8)13-21(37-28)11-17(3)25(31)18(4)36-22/h10,17,19-26,29-33H,4,9,11-15H2,1-3,5-8H3/b16-10-/t17-,19?,20-,21+,22?,23-,24+,25+,26-,28+/m1/s1. The van der Waals surface area contributed by atoms with Crippen LogP contribution in [-0.4, -0.2) is 94.9 Å². The number of rotatable bonds is 6. The quantitative estimate of drug-likeness (QED) is 0.327. The zero-order valence-electron chi connectivity index (χ0n) is 23.6. The Morgan fingerprint density at radius 2 is 1.78 bits per heavy atom. The molecular formula is C28H50O9. The van der Waals surface area contributed by atoms with Crippen LogP contribution in [0.2, 0.25) is 0 Å². The molecule has 0 aromatic carbocycles. The largest absolute Gasteiger partial charge is 0.488 e. The van der Waals surface area contributed by atoms with Gasteiger partial charge in [-0.1, -0.05) is 40.3 Å². The van der Waals surface area contributed by atoms with E-state index in [9.17, 15) is 25.5 Å². The minimum Gasteiger partial charge on any atom is -0.488 e. The number of fused-ring (bicyclic) bond motifs is 2. The molecule has 216 valence electrons. The van der Waals surface area contributed by atoms with E-state index in [0.29, 0.717) is 19.3 Å². The Morgan fingerprint density at radius 3 is 2.32 bits per heavy atom. The van der Waals surface area contributed by atoms with Crippen molar-refractivity contribution >= 4 is 0 Å². The van der Waals surface area contributed by atoms with Crippen LogP contribution in [0.5, 0.6) is 0 Å². The van der Waals surface area contributed by atoms with Gasteiger partial charge < -0.3 is 44.5 Å². The maximum absolute atomic E-state index is 11.7. The minimum absolute atomic E-state index is 0.00649. The zero-order chi connectivity index (χ0) is 28.1. The van der Waals surface area contributed by atoms with Crippen molar-refractivity contribution in [2.75, 3.05) is 20.8 Å². The average Bonchev–Trinajstić information content (AvgIpc) is 2.86. The maximum Gasteiger partial charge on any atom is 0.202 e. The Bertz CT molecular complexity index is 765. The number of hydrogen-bond acceptors (Lipinski definition) is 9. The third-order valence-corrected chi connectivity index (χ3v) is 8.51. The van der Waals surface area contributed by atoms with Gasteiger partial charge in [0.25, 0.3) is 0 Å². The van der Waals surface area contributed by atoms with Gasteiger partial charge in [-0.15, -0.1) is 0 Å². The van der Waals surface area contributed by atoms with Crippen LogP contribution in [0.3, 0.4) is 0 Å². The monoisotopic (exact) mass is 530 g/mol. The average molecular weight is 531 g/mol. The molecule has 2 aliphatic heterocycles. The van der Waals surface area contributed by atoms with Crippen LogP contribution in [0.1, 0.15) is 66.7 Å². The smallest absolute Gasteiger partial charge is 0.202 e. The van der Waals surface area contributed by atoms with E-state index in [-0.39, 0.29) is 30.6 Å². The fourth-order valence-electron chi connectivity index (χ4n) is 5.44. The molecule has 5 N–H and O–H groups in total. The molecule has 0 aromatic rings. The Morgan fingerprint density at radius 1 is 1.14 bits per heavy atom. The Labute approximate surface area is 222 Å². The molecule has 0 amide bonds. The summed E-state index contributed by atoms with van der Waals surface area (Å²) in [4.78, 5) is 0. The van der Waals surface area contributed by atoms with Crippen LogP contribution < -0.4 is 0 Å². The van der Waals surface area contributed by atoms with Crippen molar-refractivity contribution in [3.63, 3.8) is 0 Å². The van der Waals surface area contributed by atoms with Gasteiger partial charge in [0.05, 0.1) is 24.4 Å². The van der Waals surface area contributed by atoms with Crippen molar-refractivity contribution in [1.29, 1.82) is 0 Å². The molecule has 2 heterocycles. The Kier molecular flexibility index (Phi) is 11.6. The molecule has 2 unspecified atom stereocenters. The SMILES string of the molecule is C=C1OC(/C(C)=C\C(CC)CO)C[C@@H](OC)C[C@H](O)C(C)(C)[C@@]2(O)O[C@@H](C[C@@H](C)[C@@H]1O)C[C@@H](OC)[C@H]2O. The molecule has 37 heavy (non-hydrogen) atoms. The maximum atomic E-state index is 11.7. The van der Waals surface area contributed by atoms with E-state index in [1.807, 2.05) is 26.8 Å². The highest BCUT2D eigenvalue weighted by molar-refractivity contribution is 5.11. The second-order valence-electron chi connectivity index (χ2n) is 11.4. The number of aliphatic hydroxyl groups excluding tert-OH is 4. The summed E-state index contributed by atoms with van der Waals surface area (Å²) in [5, 5.41) is 55.0. The molecule has 2 saturated heterocycles. The molecule has 2 bridgehead atoms. The minimum atomic E-state index is -2.11. The van der Waals surface area contributed by atoms with Crippen LogP contribution in [-0.2, 0) is 18.9 Å². The van der Waals surface area contributed by atoms with Crippen molar-refractivity contribution in [3.05, 3.63) is 24.0 Å². The number of methoxy groups -OCH3 is 2. The van der Waals surface area contributed by atoms with E-state index in [0.717, 1.165) is 12.0 Å². The summed E-state index contributed by atoms with van der Waals surface area (Å²) >= 11 is 0. The van der Waals surface area contributed by atoms with E-state index in [1.165, 1.54) is 14.2 Å². The lowest BCUT2D eigenvalue weighted by Gasteiger charge is -2.54. The van der Waals surface area contributed by atoms with Crippen molar-refractivity contribution in [1.82, 2.24) is 0 Å². The highest BCUT2D eigenvalue weighted by Gasteiger charge is 2.60. The first kappa shape index (κ1) is 32.2. The van der Waals surface area contributed by atoms with E-state index in [4.69, 9.17) is 18.9 Å². The molecular weight excluding hydrogens is 480 g/mol. The van der Waals surface area contributed by atoms with Gasteiger partial charge in [-0.05, 0) is 31.3 Å². The summed E-state index contributed by atoms with van der Waals surface area (Å²) in [7, 11) is 3.00. The first-order chi connectivity index (χ1) is 17.2. The summed E-state index contributed by atoms with van der Waals surface area (Å²) in [6, 6.07) is 0. The fourth-order valence-corrected chi connectivity index (χ4v) is 5.44. The van der Waals surface area contributed by atoms with Crippen molar-refractivity contribution < 1.29 is 44.5 Å². The normalized spacial score (nSPS) is 41.0. The second kappa shape index (κ2) is 13.3. The van der Waals surface area contributed by atoms with Gasteiger partial charge in [-0.25, -0.2) is 0 Å². The topological polar surface area (TPSA) is 138 Å². The molecule has 9 nitrogen and oxygen atoms in total. The number of ether oxygens (including phenoxy) is 4. The molecule has 0 aliphatic carbocycles. The van der Waals surface area contributed by atoms with Crippen molar-refractivity contribution in [2.45, 2.75) is 115 Å². The second-order valence-corrected chi connectivity index (χ2v) is 11.4. The number of hydrogen-bond donors (Lipinski definition) is 5. The van der Waals surface area contributed by atoms with Gasteiger partial charge in [-0.3, -0.25) is 0 Å². The lowest BCUT2D eigenvalue weighted by atomic mass is 9.70. The molecule has 2 aliphatic rings. The molecule has 9 heteroatoms. The molecule has 2 rings (SSSR count). The van der Waals surface area contributed by atoms with Crippen LogP contribution in [0, 0.1) is 17.3 Å². The van der Waals surface area contributed by atoms with E-state index < -0.39 is 53.9 Å². The highest BCUT2D eigenvalue weighted by atomic mass is 16.7. The van der Waals surface area contributed by atoms with Crippen LogP contribution in [0.25, 0.3) is 0 Å². The first-order valence-electron chi connectivity index (χ1n) is 13.4. The lowest BCUT2D eigenvalue weighted by molar-refractivity contribution is -0.379. The van der Waals surface area contributed by atoms with E-state index in [2.05, 4.69) is 6.58 Å². The predicted octanol–water partition coefficient (Wildman–Crippen LogP) is 2.29. The van der Waals surface area contributed by atoms with E-state index >= 15 is 0 Å². The first-order valence-corrected chi connectivity index (χ1v) is 13.4. The molecule has 10 atom stereocenters. The Hall–Kier alpha value is -1.04. The number of aliphatic hydroxyl groups is 5. The molecule has 0 radical (unpaired) electrons. The molecule has 0 aromatic heterocycles. The fraction of sp³-hybridized carbons (Fsp3) is 0.857. The van der Waals surface area contributed by atoms with Gasteiger partial charge in [-0.2, -0.15) is 0 Å². The van der Waals surface area contributed by atoms with Crippen LogP contribution in [0.15, 0.2) is 24.0 Å². The predicted molar refractivity (Wildman–Crippen MR) is 139 cm³/mol. The molecule has 0 saturated carbocycles.